The second-order valence-electron chi connectivity index (χ2n) is 10.9. The number of carbonyl (C=O) groups excluding carboxylic acids is 1. The van der Waals surface area contributed by atoms with Crippen molar-refractivity contribution in [3.63, 3.8) is 0 Å². The van der Waals surface area contributed by atoms with E-state index >= 15 is 0 Å². The van der Waals surface area contributed by atoms with Crippen LogP contribution in [0.4, 0.5) is 36.6 Å². The molecule has 2 aromatic carbocycles. The minimum Gasteiger partial charge on any atom is -0.484 e. The smallest absolute Gasteiger partial charge is 0.422 e. The zero-order valence-corrected chi connectivity index (χ0v) is 26.0. The van der Waals surface area contributed by atoms with Gasteiger partial charge in [-0.05, 0) is 61.7 Å². The van der Waals surface area contributed by atoms with Crippen LogP contribution in [0.1, 0.15) is 48.8 Å². The van der Waals surface area contributed by atoms with Gasteiger partial charge in [0, 0.05) is 18.8 Å². The number of nitrogens with one attached hydrogen (secondary N) is 1. The number of carbonyl (C=O) groups is 1. The molecule has 9 nitrogen and oxygen atoms in total. The molecule has 47 heavy (non-hydrogen) atoms. The summed E-state index contributed by atoms with van der Waals surface area (Å²) < 4.78 is 123. The second kappa shape index (κ2) is 13.9. The van der Waals surface area contributed by atoms with Gasteiger partial charge in [0.1, 0.15) is 23.2 Å². The fourth-order valence-electron chi connectivity index (χ4n) is 5.03. The number of ether oxygens (including phenoxy) is 1. The highest BCUT2D eigenvalue weighted by Gasteiger charge is 2.35. The number of amides is 1. The minimum atomic E-state index is -5.03. The lowest BCUT2D eigenvalue weighted by molar-refractivity contribution is -0.153. The summed E-state index contributed by atoms with van der Waals surface area (Å²) in [6.07, 6.45) is -9.34. The number of sulfone groups is 1. The number of benzene rings is 2. The number of fused-ring (bicyclic) bond motifs is 1. The number of nitrogens with zero attached hydrogens (tertiary/aromatic N) is 3. The number of alkyl halides is 6. The Bertz CT molecular complexity index is 1780. The molecule has 256 valence electrons. The maximum absolute atomic E-state index is 13.9. The van der Waals surface area contributed by atoms with Crippen molar-refractivity contribution in [3.8, 4) is 11.4 Å². The summed E-state index contributed by atoms with van der Waals surface area (Å²) in [6.45, 7) is 1.37. The van der Waals surface area contributed by atoms with Gasteiger partial charge in [0.05, 0.1) is 35.0 Å². The molecule has 1 unspecified atom stereocenters. The summed E-state index contributed by atoms with van der Waals surface area (Å²) in [7, 11) is -3.66. The Morgan fingerprint density at radius 2 is 1.79 bits per heavy atom. The molecule has 4 rings (SSSR count). The van der Waals surface area contributed by atoms with Gasteiger partial charge >= 0.3 is 12.4 Å². The molecule has 0 spiro atoms. The highest BCUT2D eigenvalue weighted by Crippen LogP contribution is 2.33. The molecule has 3 aromatic rings. The fourth-order valence-corrected chi connectivity index (χ4v) is 5.80. The van der Waals surface area contributed by atoms with Gasteiger partial charge in [0.25, 0.3) is 5.56 Å². The van der Waals surface area contributed by atoms with E-state index in [2.05, 4.69) is 10.3 Å². The highest BCUT2D eigenvalue weighted by molar-refractivity contribution is 7.91. The van der Waals surface area contributed by atoms with Gasteiger partial charge in [0.15, 0.2) is 16.4 Å². The van der Waals surface area contributed by atoms with Crippen molar-refractivity contribution >= 4 is 21.6 Å². The average Bonchev–Trinajstić information content (AvgIpc) is 3.00. The molecule has 1 N–H and O–H groups in total. The molecule has 0 aliphatic carbocycles. The van der Waals surface area contributed by atoms with Crippen LogP contribution >= 0.6 is 0 Å². The van der Waals surface area contributed by atoms with Crippen molar-refractivity contribution in [2.75, 3.05) is 36.5 Å². The molecule has 1 amide bonds. The van der Waals surface area contributed by atoms with Crippen molar-refractivity contribution in [2.45, 2.75) is 51.5 Å². The number of hydrogen-bond donors (Lipinski definition) is 1. The lowest BCUT2D eigenvalue weighted by Crippen LogP contribution is -2.42. The zero-order valence-electron chi connectivity index (χ0n) is 25.2. The molecule has 0 radical (unpaired) electrons. The Labute approximate surface area is 265 Å². The molecule has 1 aliphatic rings. The van der Waals surface area contributed by atoms with Crippen LogP contribution in [0.2, 0.25) is 0 Å². The lowest BCUT2D eigenvalue weighted by atomic mass is 10.1. The molecular formula is C30H31F7N4O5S. The predicted molar refractivity (Wildman–Crippen MR) is 158 cm³/mol. The molecule has 0 saturated heterocycles. The summed E-state index contributed by atoms with van der Waals surface area (Å²) in [6, 6.07) is 5.99. The number of halogens is 7. The number of rotatable bonds is 11. The number of aromatic nitrogens is 2. The van der Waals surface area contributed by atoms with E-state index in [0.717, 1.165) is 15.5 Å². The van der Waals surface area contributed by atoms with Gasteiger partial charge < -0.3 is 15.0 Å². The summed E-state index contributed by atoms with van der Waals surface area (Å²) in [5.41, 5.74) is -1.85. The van der Waals surface area contributed by atoms with Gasteiger partial charge in [-0.2, -0.15) is 26.3 Å². The van der Waals surface area contributed by atoms with Crippen molar-refractivity contribution in [1.29, 1.82) is 0 Å². The van der Waals surface area contributed by atoms with Crippen LogP contribution in [0.5, 0.6) is 5.75 Å². The van der Waals surface area contributed by atoms with Crippen LogP contribution in [0, 0.1) is 5.82 Å². The minimum absolute atomic E-state index is 0.0514. The van der Waals surface area contributed by atoms with E-state index in [1.165, 1.54) is 38.1 Å². The molecule has 2 heterocycles. The molecule has 1 aromatic heterocycles. The quantitative estimate of drug-likeness (QED) is 0.273. The Morgan fingerprint density at radius 3 is 2.40 bits per heavy atom. The SMILES string of the molecule is CCS(=O)(=O)CCN(C(=O)Cc1ccc(F)c(C(F)(F)F)c1)C(C)c1nc2c(c(=O)n1-c1ccc(OCC(F)(F)F)cc1)CCCN2. The van der Waals surface area contributed by atoms with Crippen LogP contribution in [0.15, 0.2) is 47.3 Å². The first-order valence-electron chi connectivity index (χ1n) is 14.5. The van der Waals surface area contributed by atoms with E-state index in [1.54, 1.807) is 0 Å². The fraction of sp³-hybridized carbons (Fsp3) is 0.433. The van der Waals surface area contributed by atoms with Crippen LogP contribution < -0.4 is 15.6 Å². The van der Waals surface area contributed by atoms with Crippen molar-refractivity contribution < 1.29 is 48.7 Å². The van der Waals surface area contributed by atoms with E-state index in [0.29, 0.717) is 37.1 Å². The maximum atomic E-state index is 13.9. The Kier molecular flexibility index (Phi) is 10.6. The van der Waals surface area contributed by atoms with Crippen molar-refractivity contribution in [3.05, 3.63) is 81.2 Å². The monoisotopic (exact) mass is 692 g/mol. The highest BCUT2D eigenvalue weighted by atomic mass is 32.2. The van der Waals surface area contributed by atoms with E-state index < -0.39 is 76.4 Å². The standard InChI is InChI=1S/C30H31F7N4O5S/c1-3-47(44,45)14-13-40(25(42)16-19-6-11-24(31)23(15-19)30(35,36)37)18(2)27-39-26-22(5-4-12-38-26)28(43)41(27)20-7-9-21(10-8-20)46-17-29(32,33)34/h6-11,15,18,38H,3-5,12-14,16-17H2,1-2H3. The Hall–Kier alpha value is -4.15. The van der Waals surface area contributed by atoms with Crippen LogP contribution in [0.3, 0.4) is 0 Å². The van der Waals surface area contributed by atoms with Crippen LogP contribution in [-0.2, 0) is 33.6 Å². The van der Waals surface area contributed by atoms with E-state index in [1.807, 2.05) is 0 Å². The number of anilines is 1. The summed E-state index contributed by atoms with van der Waals surface area (Å²) in [5.74, 6) is -3.10. The number of hydrogen-bond acceptors (Lipinski definition) is 7. The van der Waals surface area contributed by atoms with Crippen LogP contribution in [0.25, 0.3) is 5.69 Å². The van der Waals surface area contributed by atoms with E-state index in [4.69, 9.17) is 4.74 Å². The first-order chi connectivity index (χ1) is 21.9. The van der Waals surface area contributed by atoms with E-state index in [-0.39, 0.29) is 34.4 Å². The van der Waals surface area contributed by atoms with Crippen molar-refractivity contribution in [1.82, 2.24) is 14.5 Å². The van der Waals surface area contributed by atoms with Crippen LogP contribution in [-0.4, -0.2) is 66.2 Å². The third-order valence-corrected chi connectivity index (χ3v) is 9.22. The van der Waals surface area contributed by atoms with Crippen molar-refractivity contribution in [2.24, 2.45) is 0 Å². The summed E-state index contributed by atoms with van der Waals surface area (Å²) in [4.78, 5) is 33.2. The normalized spacial score (nSPS) is 14.2. The molecule has 0 bridgehead atoms. The lowest BCUT2D eigenvalue weighted by Gasteiger charge is -2.32. The summed E-state index contributed by atoms with van der Waals surface area (Å²) in [5, 5.41) is 3.02. The third kappa shape index (κ3) is 8.81. The average molecular weight is 693 g/mol. The second-order valence-corrected chi connectivity index (χ2v) is 13.3. The van der Waals surface area contributed by atoms with Gasteiger partial charge in [-0.3, -0.25) is 14.2 Å². The predicted octanol–water partition coefficient (Wildman–Crippen LogP) is 5.26. The first kappa shape index (κ1) is 35.7. The topological polar surface area (TPSA) is 111 Å². The van der Waals surface area contributed by atoms with E-state index in [9.17, 15) is 48.7 Å². The Morgan fingerprint density at radius 1 is 1.11 bits per heavy atom. The van der Waals surface area contributed by atoms with Gasteiger partial charge in [-0.25, -0.2) is 17.8 Å². The first-order valence-corrected chi connectivity index (χ1v) is 16.3. The zero-order chi connectivity index (χ0) is 34.7. The molecule has 1 aliphatic heterocycles. The largest absolute Gasteiger partial charge is 0.484 e. The molecule has 0 fully saturated rings. The molecular weight excluding hydrogens is 661 g/mol. The molecule has 17 heteroatoms. The van der Waals surface area contributed by atoms with Gasteiger partial charge in [0.2, 0.25) is 5.91 Å². The maximum Gasteiger partial charge on any atom is 0.422 e. The summed E-state index contributed by atoms with van der Waals surface area (Å²) >= 11 is 0. The van der Waals surface area contributed by atoms with Gasteiger partial charge in [-0.15, -0.1) is 0 Å². The van der Waals surface area contributed by atoms with Gasteiger partial charge in [-0.1, -0.05) is 13.0 Å². The Balaban J connectivity index is 1.79. The molecule has 0 saturated carbocycles. The third-order valence-electron chi connectivity index (χ3n) is 7.53. The molecule has 1 atom stereocenters.